The molecule has 0 unspecified atom stereocenters. The molecule has 202 valence electrons. The fourth-order valence-electron chi connectivity index (χ4n) is 4.34. The summed E-state index contributed by atoms with van der Waals surface area (Å²) >= 11 is 0. The van der Waals surface area contributed by atoms with Crippen LogP contribution in [0.3, 0.4) is 0 Å². The van der Waals surface area contributed by atoms with Crippen molar-refractivity contribution >= 4 is 28.5 Å². The van der Waals surface area contributed by atoms with Gasteiger partial charge in [-0.15, -0.1) is 0 Å². The summed E-state index contributed by atoms with van der Waals surface area (Å²) in [6.07, 6.45) is 1.87. The van der Waals surface area contributed by atoms with Crippen LogP contribution in [0.25, 0.3) is 21.9 Å². The molecule has 4 rings (SSSR count). The molecule has 0 radical (unpaired) electrons. The quantitative estimate of drug-likeness (QED) is 0.241. The van der Waals surface area contributed by atoms with Crippen molar-refractivity contribution in [1.82, 2.24) is 4.98 Å². The molecule has 3 aromatic carbocycles. The number of nitrogens with zero attached hydrogens (tertiary/aromatic N) is 2. The van der Waals surface area contributed by atoms with E-state index in [0.717, 1.165) is 10.9 Å². The topological polar surface area (TPSA) is 68.7 Å². The molecule has 39 heavy (non-hydrogen) atoms. The molecule has 1 amide bonds. The molecular formula is C31H30F2N2O4. The Morgan fingerprint density at radius 1 is 0.923 bits per heavy atom. The summed E-state index contributed by atoms with van der Waals surface area (Å²) in [6.45, 7) is 6.16. The Hall–Kier alpha value is -4.33. The minimum atomic E-state index is -1.05. The lowest BCUT2D eigenvalue weighted by Crippen LogP contribution is -2.34. The molecule has 0 aliphatic rings. The highest BCUT2D eigenvalue weighted by Gasteiger charge is 2.25. The van der Waals surface area contributed by atoms with Crippen LogP contribution in [0.15, 0.2) is 66.9 Å². The van der Waals surface area contributed by atoms with Crippen molar-refractivity contribution in [2.75, 3.05) is 19.1 Å². The molecule has 0 saturated heterocycles. The van der Waals surface area contributed by atoms with E-state index in [4.69, 9.17) is 9.47 Å². The second-order valence-corrected chi connectivity index (χ2v) is 10.4. The van der Waals surface area contributed by atoms with Crippen molar-refractivity contribution in [3.05, 3.63) is 89.6 Å². The SMILES string of the molecule is COC(=O)c1ccc2c(N(Cc3ccc(-c4ccc(OC)c(F)c4F)cc3)C(=O)CC(C)(C)C)nccc2c1. The Morgan fingerprint density at radius 2 is 1.64 bits per heavy atom. The third kappa shape index (κ3) is 6.06. The van der Waals surface area contributed by atoms with Crippen molar-refractivity contribution in [3.63, 3.8) is 0 Å². The van der Waals surface area contributed by atoms with Crippen LogP contribution in [0.1, 0.15) is 43.1 Å². The summed E-state index contributed by atoms with van der Waals surface area (Å²) in [5.74, 6) is -2.31. The van der Waals surface area contributed by atoms with Crippen molar-refractivity contribution in [3.8, 4) is 16.9 Å². The number of rotatable bonds is 7. The Bertz CT molecular complexity index is 1530. The number of ether oxygens (including phenoxy) is 2. The monoisotopic (exact) mass is 532 g/mol. The summed E-state index contributed by atoms with van der Waals surface area (Å²) in [6, 6.07) is 16.6. The second kappa shape index (κ2) is 11.2. The summed E-state index contributed by atoms with van der Waals surface area (Å²) in [4.78, 5) is 31.8. The molecule has 0 aliphatic carbocycles. The molecule has 0 aliphatic heterocycles. The molecule has 0 N–H and O–H groups in total. The summed E-state index contributed by atoms with van der Waals surface area (Å²) in [7, 11) is 2.60. The normalized spacial score (nSPS) is 11.4. The minimum Gasteiger partial charge on any atom is -0.494 e. The van der Waals surface area contributed by atoms with Crippen LogP contribution >= 0.6 is 0 Å². The molecule has 4 aromatic rings. The zero-order valence-electron chi connectivity index (χ0n) is 22.5. The van der Waals surface area contributed by atoms with Gasteiger partial charge in [-0.25, -0.2) is 14.2 Å². The predicted octanol–water partition coefficient (Wildman–Crippen LogP) is 6.94. The fraction of sp³-hybridized carbons (Fsp3) is 0.258. The van der Waals surface area contributed by atoms with Gasteiger partial charge in [0.1, 0.15) is 5.82 Å². The molecule has 8 heteroatoms. The molecule has 0 atom stereocenters. The van der Waals surface area contributed by atoms with Gasteiger partial charge in [-0.2, -0.15) is 4.39 Å². The molecule has 0 bridgehead atoms. The zero-order valence-corrected chi connectivity index (χ0v) is 22.5. The molecule has 6 nitrogen and oxygen atoms in total. The molecule has 0 fully saturated rings. The first-order valence-electron chi connectivity index (χ1n) is 12.4. The van der Waals surface area contributed by atoms with Crippen molar-refractivity contribution in [1.29, 1.82) is 0 Å². The van der Waals surface area contributed by atoms with E-state index in [1.54, 1.807) is 59.6 Å². The molecule has 0 spiro atoms. The van der Waals surface area contributed by atoms with E-state index >= 15 is 0 Å². The number of hydrogen-bond acceptors (Lipinski definition) is 5. The van der Waals surface area contributed by atoms with Gasteiger partial charge in [0.25, 0.3) is 0 Å². The summed E-state index contributed by atoms with van der Waals surface area (Å²) < 4.78 is 38.6. The number of amides is 1. The largest absolute Gasteiger partial charge is 0.494 e. The zero-order chi connectivity index (χ0) is 28.3. The number of anilines is 1. The predicted molar refractivity (Wildman–Crippen MR) is 147 cm³/mol. The summed E-state index contributed by atoms with van der Waals surface area (Å²) in [5.41, 5.74) is 1.51. The Kier molecular flexibility index (Phi) is 7.95. The van der Waals surface area contributed by atoms with Crippen LogP contribution in [0.4, 0.5) is 14.6 Å². The Labute approximate surface area is 226 Å². The van der Waals surface area contributed by atoms with Gasteiger partial charge in [-0.1, -0.05) is 45.0 Å². The van der Waals surface area contributed by atoms with E-state index in [1.165, 1.54) is 26.4 Å². The van der Waals surface area contributed by atoms with Crippen molar-refractivity contribution < 1.29 is 27.8 Å². The third-order valence-electron chi connectivity index (χ3n) is 6.28. The number of carbonyl (C=O) groups is 2. The van der Waals surface area contributed by atoms with E-state index < -0.39 is 17.6 Å². The average Bonchev–Trinajstić information content (AvgIpc) is 2.91. The van der Waals surface area contributed by atoms with E-state index in [0.29, 0.717) is 22.3 Å². The van der Waals surface area contributed by atoms with Gasteiger partial charge < -0.3 is 9.47 Å². The van der Waals surface area contributed by atoms with E-state index in [9.17, 15) is 18.4 Å². The number of aromatic nitrogens is 1. The van der Waals surface area contributed by atoms with Crippen LogP contribution in [0.2, 0.25) is 0 Å². The third-order valence-corrected chi connectivity index (χ3v) is 6.28. The Morgan fingerprint density at radius 3 is 2.28 bits per heavy atom. The first-order valence-corrected chi connectivity index (χ1v) is 12.4. The number of benzene rings is 3. The van der Waals surface area contributed by atoms with E-state index in [2.05, 4.69) is 4.98 Å². The van der Waals surface area contributed by atoms with Gasteiger partial charge in [0, 0.05) is 23.6 Å². The first kappa shape index (κ1) is 27.7. The first-order chi connectivity index (χ1) is 18.5. The lowest BCUT2D eigenvalue weighted by molar-refractivity contribution is -0.120. The Balaban J connectivity index is 1.71. The molecule has 1 heterocycles. The van der Waals surface area contributed by atoms with Crippen LogP contribution < -0.4 is 9.64 Å². The van der Waals surface area contributed by atoms with Crippen molar-refractivity contribution in [2.24, 2.45) is 5.41 Å². The summed E-state index contributed by atoms with van der Waals surface area (Å²) in [5, 5.41) is 1.45. The number of methoxy groups -OCH3 is 2. The lowest BCUT2D eigenvalue weighted by Gasteiger charge is -2.27. The smallest absolute Gasteiger partial charge is 0.337 e. The van der Waals surface area contributed by atoms with Gasteiger partial charge in [-0.05, 0) is 58.3 Å². The lowest BCUT2D eigenvalue weighted by atomic mass is 9.91. The highest BCUT2D eigenvalue weighted by atomic mass is 19.2. The molecular weight excluding hydrogens is 502 g/mol. The van der Waals surface area contributed by atoms with Crippen LogP contribution in [-0.2, 0) is 16.1 Å². The van der Waals surface area contributed by atoms with Gasteiger partial charge in [0.2, 0.25) is 11.7 Å². The van der Waals surface area contributed by atoms with Crippen molar-refractivity contribution in [2.45, 2.75) is 33.7 Å². The van der Waals surface area contributed by atoms with E-state index in [1.807, 2.05) is 20.8 Å². The number of esters is 1. The number of hydrogen-bond donors (Lipinski definition) is 0. The van der Waals surface area contributed by atoms with Gasteiger partial charge >= 0.3 is 5.97 Å². The number of carbonyl (C=O) groups excluding carboxylic acids is 2. The van der Waals surface area contributed by atoms with Crippen LogP contribution in [0, 0.1) is 17.0 Å². The standard InChI is InChI=1S/C31H30F2N2O4/c1-31(2,3)17-26(36)35(29-24-11-10-22(30(37)39-5)16-21(24)14-15-34-29)18-19-6-8-20(9-7-19)23-12-13-25(38-4)28(33)27(23)32/h6-16H,17-18H2,1-5H3. The van der Waals surface area contributed by atoms with Crippen LogP contribution in [0.5, 0.6) is 5.75 Å². The number of halogens is 2. The van der Waals surface area contributed by atoms with Gasteiger partial charge in [0.15, 0.2) is 11.6 Å². The van der Waals surface area contributed by atoms with Gasteiger partial charge in [-0.3, -0.25) is 9.69 Å². The second-order valence-electron chi connectivity index (χ2n) is 10.4. The maximum Gasteiger partial charge on any atom is 0.337 e. The van der Waals surface area contributed by atoms with Gasteiger partial charge in [0.05, 0.1) is 26.3 Å². The highest BCUT2D eigenvalue weighted by Crippen LogP contribution is 2.32. The van der Waals surface area contributed by atoms with Crippen LogP contribution in [-0.4, -0.2) is 31.1 Å². The maximum atomic E-state index is 14.6. The minimum absolute atomic E-state index is 0.109. The molecule has 1 aromatic heterocycles. The number of pyridine rings is 1. The average molecular weight is 533 g/mol. The van der Waals surface area contributed by atoms with E-state index in [-0.39, 0.29) is 35.6 Å². The number of fused-ring (bicyclic) bond motifs is 1. The maximum absolute atomic E-state index is 14.6. The molecule has 0 saturated carbocycles. The highest BCUT2D eigenvalue weighted by molar-refractivity contribution is 6.04. The fourth-order valence-corrected chi connectivity index (χ4v) is 4.34.